The fraction of sp³-hybridized carbons (Fsp3) is 0.333. The minimum Gasteiger partial charge on any atom is -0.290 e. The molecule has 0 amide bonds. The van der Waals surface area contributed by atoms with E-state index >= 15 is 0 Å². The van der Waals surface area contributed by atoms with Gasteiger partial charge in [-0.2, -0.15) is 0 Å². The van der Waals surface area contributed by atoms with Crippen LogP contribution in [0.15, 0.2) is 0 Å². The quantitative estimate of drug-likeness (QED) is 0.561. The topological polar surface area (TPSA) is 102 Å². The van der Waals surface area contributed by atoms with E-state index in [0.717, 1.165) is 6.92 Å². The van der Waals surface area contributed by atoms with E-state index < -0.39 is 32.5 Å². The van der Waals surface area contributed by atoms with Crippen LogP contribution in [0.4, 0.5) is 0 Å². The lowest BCUT2D eigenvalue weighted by Crippen LogP contribution is -2.03. The van der Waals surface area contributed by atoms with Gasteiger partial charge in [0.1, 0.15) is 0 Å². The lowest BCUT2D eigenvalue weighted by atomic mass is 10.3. The summed E-state index contributed by atoms with van der Waals surface area (Å²) in [7, 11) is 0. The van der Waals surface area contributed by atoms with E-state index in [1.54, 1.807) is 6.92 Å². The molecular weight excluding hydrogens is 346 g/mol. The largest absolute Gasteiger partial charge is 0.304 e. The Balaban J connectivity index is -0.000000203. The van der Waals surface area contributed by atoms with Crippen molar-refractivity contribution in [1.29, 1.82) is 0 Å². The summed E-state index contributed by atoms with van der Waals surface area (Å²) in [5, 5.41) is -4.06. The molecule has 0 heterocycles. The number of carbonyl (C=O) groups is 6. The maximum atomic E-state index is 10.0. The van der Waals surface area contributed by atoms with Crippen molar-refractivity contribution in [1.82, 2.24) is 0 Å². The molecule has 10 heteroatoms. The maximum absolute atomic E-state index is 10.0. The van der Waals surface area contributed by atoms with Crippen LogP contribution in [0, 0.1) is 0 Å². The standard InChI is InChI=1S/C4H5ClO2.C3H3ClO2.C2Cl2O2/c1-2-3(6)4(5)7;1-2(5)3(4)6;3-1(5)2(4)6/h2H2,1H3;1H3;. The first-order chi connectivity index (χ1) is 8.47. The minimum absolute atomic E-state index is 0.197. The molecule has 0 aliphatic rings. The second-order valence-electron chi connectivity index (χ2n) is 2.43. The highest BCUT2D eigenvalue weighted by Gasteiger charge is 2.04. The first-order valence-corrected chi connectivity index (χ1v) is 5.80. The molecule has 6 nitrogen and oxygen atoms in total. The Labute approximate surface area is 128 Å². The molecule has 0 aromatic heterocycles. The van der Waals surface area contributed by atoms with Crippen LogP contribution in [0.1, 0.15) is 20.3 Å². The fourth-order valence-electron chi connectivity index (χ4n) is 0.139. The molecule has 0 radical (unpaired) electrons. The molecule has 108 valence electrons. The van der Waals surface area contributed by atoms with Gasteiger partial charge in [0.2, 0.25) is 11.6 Å². The summed E-state index contributed by atoms with van der Waals surface area (Å²) >= 11 is 18.3. The molecule has 0 saturated carbocycles. The van der Waals surface area contributed by atoms with Crippen molar-refractivity contribution in [2.45, 2.75) is 20.3 Å². The highest BCUT2D eigenvalue weighted by Crippen LogP contribution is 1.86. The minimum atomic E-state index is -1.14. The second-order valence-corrected chi connectivity index (χ2v) is 3.80. The van der Waals surface area contributed by atoms with E-state index in [1.807, 2.05) is 0 Å². The van der Waals surface area contributed by atoms with Crippen LogP contribution in [0.3, 0.4) is 0 Å². The molecular formula is C9H8Cl4O6. The van der Waals surface area contributed by atoms with Gasteiger partial charge in [-0.05, 0) is 46.4 Å². The predicted molar refractivity (Wildman–Crippen MR) is 69.4 cm³/mol. The van der Waals surface area contributed by atoms with Crippen LogP contribution < -0.4 is 0 Å². The number of rotatable bonds is 4. The van der Waals surface area contributed by atoms with E-state index in [1.165, 1.54) is 0 Å². The number of hydrogen-bond donors (Lipinski definition) is 0. The van der Waals surface area contributed by atoms with Gasteiger partial charge < -0.3 is 0 Å². The number of halogens is 4. The van der Waals surface area contributed by atoms with Gasteiger partial charge >= 0.3 is 10.5 Å². The van der Waals surface area contributed by atoms with Gasteiger partial charge in [0.15, 0.2) is 0 Å². The first-order valence-electron chi connectivity index (χ1n) is 4.29. The highest BCUT2D eigenvalue weighted by atomic mass is 35.5. The van der Waals surface area contributed by atoms with Crippen LogP contribution in [-0.2, 0) is 28.8 Å². The van der Waals surface area contributed by atoms with Crippen molar-refractivity contribution < 1.29 is 28.8 Å². The van der Waals surface area contributed by atoms with Gasteiger partial charge in [-0.25, -0.2) is 0 Å². The van der Waals surface area contributed by atoms with Gasteiger partial charge in [0, 0.05) is 13.3 Å². The smallest absolute Gasteiger partial charge is 0.290 e. The third-order valence-electron chi connectivity index (χ3n) is 0.972. The highest BCUT2D eigenvalue weighted by molar-refractivity contribution is 6.97. The average molecular weight is 354 g/mol. The first kappa shape index (κ1) is 23.3. The van der Waals surface area contributed by atoms with E-state index in [9.17, 15) is 28.8 Å². The van der Waals surface area contributed by atoms with Crippen molar-refractivity contribution in [3.63, 3.8) is 0 Å². The van der Waals surface area contributed by atoms with Crippen LogP contribution in [-0.4, -0.2) is 32.5 Å². The van der Waals surface area contributed by atoms with Crippen molar-refractivity contribution in [3.05, 3.63) is 0 Å². The van der Waals surface area contributed by atoms with Gasteiger partial charge in [-0.1, -0.05) is 6.92 Å². The van der Waals surface area contributed by atoms with Gasteiger partial charge in [0.25, 0.3) is 10.5 Å². The summed E-state index contributed by atoms with van der Waals surface area (Å²) in [6.07, 6.45) is 0.197. The van der Waals surface area contributed by atoms with Crippen molar-refractivity contribution in [3.8, 4) is 0 Å². The molecule has 0 bridgehead atoms. The van der Waals surface area contributed by atoms with Gasteiger partial charge in [-0.3, -0.25) is 28.8 Å². The number of hydrogen-bond acceptors (Lipinski definition) is 6. The third kappa shape index (κ3) is 22.8. The van der Waals surface area contributed by atoms with Crippen LogP contribution in [0.2, 0.25) is 0 Å². The lowest BCUT2D eigenvalue weighted by Gasteiger charge is -1.79. The molecule has 0 aromatic carbocycles. The normalized spacial score (nSPS) is 7.89. The van der Waals surface area contributed by atoms with E-state index in [0.29, 0.717) is 0 Å². The summed E-state index contributed by atoms with van der Waals surface area (Å²) < 4.78 is 0. The average Bonchev–Trinajstić information content (AvgIpc) is 2.29. The van der Waals surface area contributed by atoms with Crippen molar-refractivity contribution >= 4 is 78.9 Å². The molecule has 0 aliphatic carbocycles. The van der Waals surface area contributed by atoms with Crippen molar-refractivity contribution in [2.24, 2.45) is 0 Å². The van der Waals surface area contributed by atoms with E-state index in [-0.39, 0.29) is 6.42 Å². The molecule has 0 atom stereocenters. The van der Waals surface area contributed by atoms with Gasteiger partial charge in [-0.15, -0.1) is 0 Å². The zero-order valence-corrected chi connectivity index (χ0v) is 12.7. The Morgan fingerprint density at radius 2 is 0.947 bits per heavy atom. The Hall–Kier alpha value is -0.820. The Morgan fingerprint density at radius 3 is 0.947 bits per heavy atom. The summed E-state index contributed by atoms with van der Waals surface area (Å²) in [5.74, 6) is -1.14. The Morgan fingerprint density at radius 1 is 0.684 bits per heavy atom. The van der Waals surface area contributed by atoms with Crippen LogP contribution in [0.5, 0.6) is 0 Å². The Kier molecular flexibility index (Phi) is 16.7. The molecule has 19 heavy (non-hydrogen) atoms. The monoisotopic (exact) mass is 352 g/mol. The molecule has 0 fully saturated rings. The predicted octanol–water partition coefficient (Wildman–Crippen LogP) is 1.59. The molecule has 0 rings (SSSR count). The summed E-state index contributed by atoms with van der Waals surface area (Å²) in [5.41, 5.74) is 0. The molecule has 0 unspecified atom stereocenters. The van der Waals surface area contributed by atoms with E-state index in [4.69, 9.17) is 11.6 Å². The maximum Gasteiger partial charge on any atom is 0.304 e. The Bertz CT molecular complexity index is 342. The number of ketones is 2. The molecule has 0 aliphatic heterocycles. The van der Waals surface area contributed by atoms with Crippen molar-refractivity contribution in [2.75, 3.05) is 0 Å². The number of carbonyl (C=O) groups excluding carboxylic acids is 6. The third-order valence-corrected chi connectivity index (χ3v) is 1.89. The van der Waals surface area contributed by atoms with Crippen LogP contribution in [0.25, 0.3) is 0 Å². The van der Waals surface area contributed by atoms with Crippen LogP contribution >= 0.6 is 46.4 Å². The molecule has 0 spiro atoms. The molecule has 0 aromatic rings. The molecule has 0 saturated heterocycles. The SMILES string of the molecule is CC(=O)C(=O)Cl.CCC(=O)C(=O)Cl.O=C(Cl)C(=O)Cl. The zero-order valence-electron chi connectivity index (χ0n) is 9.67. The number of Topliss-reactive ketones (excluding diaryl/α,β-unsaturated/α-hetero) is 2. The van der Waals surface area contributed by atoms with E-state index in [2.05, 4.69) is 34.8 Å². The summed E-state index contributed by atoms with van der Waals surface area (Å²) in [4.78, 5) is 57.9. The lowest BCUT2D eigenvalue weighted by molar-refractivity contribution is -0.131. The summed E-state index contributed by atoms with van der Waals surface area (Å²) in [6, 6.07) is 0. The summed E-state index contributed by atoms with van der Waals surface area (Å²) in [6.45, 7) is 2.71. The second kappa shape index (κ2) is 13.6. The molecule has 0 N–H and O–H groups in total. The zero-order chi connectivity index (χ0) is 16.2. The fourth-order valence-corrected chi connectivity index (χ4v) is 0.273. The van der Waals surface area contributed by atoms with Gasteiger partial charge in [0.05, 0.1) is 0 Å².